The van der Waals surface area contributed by atoms with Crippen LogP contribution in [-0.2, 0) is 6.54 Å². The van der Waals surface area contributed by atoms with Gasteiger partial charge in [-0.1, -0.05) is 0 Å². The molecule has 1 fully saturated rings. The molecule has 1 aliphatic rings. The minimum atomic E-state index is -0.0143. The number of hydrogen-bond donors (Lipinski definition) is 1. The van der Waals surface area contributed by atoms with Crippen molar-refractivity contribution >= 4 is 11.6 Å². The summed E-state index contributed by atoms with van der Waals surface area (Å²) >= 11 is 0. The van der Waals surface area contributed by atoms with Crippen LogP contribution in [0.25, 0.3) is 0 Å². The van der Waals surface area contributed by atoms with Crippen LogP contribution in [0.3, 0.4) is 0 Å². The Labute approximate surface area is 76.7 Å². The number of ketones is 1. The van der Waals surface area contributed by atoms with Crippen molar-refractivity contribution in [2.75, 3.05) is 5.73 Å². The molecule has 0 aliphatic heterocycles. The highest BCUT2D eigenvalue weighted by atomic mass is 16.1. The number of carbonyl (C=O) groups is 1. The van der Waals surface area contributed by atoms with Gasteiger partial charge in [-0.2, -0.15) is 5.10 Å². The summed E-state index contributed by atoms with van der Waals surface area (Å²) in [4.78, 5) is 11.0. The van der Waals surface area contributed by atoms with Gasteiger partial charge in [0, 0.05) is 12.7 Å². The quantitative estimate of drug-likeness (QED) is 0.706. The van der Waals surface area contributed by atoms with E-state index >= 15 is 0 Å². The van der Waals surface area contributed by atoms with Gasteiger partial charge in [0.05, 0.1) is 5.56 Å². The van der Waals surface area contributed by atoms with Gasteiger partial charge >= 0.3 is 0 Å². The average Bonchev–Trinajstić information content (AvgIpc) is 2.75. The van der Waals surface area contributed by atoms with Crippen LogP contribution >= 0.6 is 0 Å². The third-order valence-corrected chi connectivity index (χ3v) is 2.31. The van der Waals surface area contributed by atoms with E-state index in [1.165, 1.54) is 19.8 Å². The van der Waals surface area contributed by atoms with Crippen LogP contribution in [-0.4, -0.2) is 15.6 Å². The number of rotatable bonds is 3. The zero-order valence-corrected chi connectivity index (χ0v) is 7.66. The molecule has 0 atom stereocenters. The third-order valence-electron chi connectivity index (χ3n) is 2.31. The normalized spacial score (nSPS) is 16.1. The minimum Gasteiger partial charge on any atom is -0.382 e. The second kappa shape index (κ2) is 2.87. The van der Waals surface area contributed by atoms with Crippen molar-refractivity contribution in [1.29, 1.82) is 0 Å². The Balaban J connectivity index is 2.18. The molecule has 0 spiro atoms. The van der Waals surface area contributed by atoms with E-state index in [-0.39, 0.29) is 5.78 Å². The summed E-state index contributed by atoms with van der Waals surface area (Å²) in [6.45, 7) is 2.41. The molecule has 0 aromatic carbocycles. The molecular weight excluding hydrogens is 166 g/mol. The number of Topliss-reactive ketones (excluding diaryl/α,β-unsaturated/α-hetero) is 1. The molecule has 70 valence electrons. The molecule has 2 rings (SSSR count). The Hall–Kier alpha value is -1.32. The third kappa shape index (κ3) is 1.71. The second-order valence-corrected chi connectivity index (χ2v) is 3.65. The molecule has 1 saturated carbocycles. The van der Waals surface area contributed by atoms with Gasteiger partial charge in [0.1, 0.15) is 0 Å². The first kappa shape index (κ1) is 8.29. The van der Waals surface area contributed by atoms with Gasteiger partial charge in [-0.05, 0) is 25.7 Å². The van der Waals surface area contributed by atoms with Crippen LogP contribution in [0.1, 0.15) is 30.1 Å². The Morgan fingerprint density at radius 2 is 2.46 bits per heavy atom. The van der Waals surface area contributed by atoms with E-state index in [1.54, 1.807) is 10.9 Å². The van der Waals surface area contributed by atoms with Gasteiger partial charge < -0.3 is 5.73 Å². The van der Waals surface area contributed by atoms with Crippen molar-refractivity contribution < 1.29 is 4.79 Å². The fraction of sp³-hybridized carbons (Fsp3) is 0.556. The molecule has 1 aliphatic carbocycles. The van der Waals surface area contributed by atoms with Crippen LogP contribution in [0, 0.1) is 5.92 Å². The Kier molecular flexibility index (Phi) is 1.83. The van der Waals surface area contributed by atoms with E-state index in [9.17, 15) is 4.79 Å². The van der Waals surface area contributed by atoms with E-state index in [1.807, 2.05) is 0 Å². The van der Waals surface area contributed by atoms with Gasteiger partial charge in [0.15, 0.2) is 11.6 Å². The van der Waals surface area contributed by atoms with Gasteiger partial charge in [-0.25, -0.2) is 0 Å². The molecule has 4 heteroatoms. The predicted molar refractivity (Wildman–Crippen MR) is 49.4 cm³/mol. The zero-order valence-electron chi connectivity index (χ0n) is 7.66. The molecule has 1 aromatic heterocycles. The Morgan fingerprint density at radius 3 is 2.92 bits per heavy atom. The Bertz CT molecular complexity index is 339. The number of aromatic nitrogens is 2. The van der Waals surface area contributed by atoms with Crippen LogP contribution in [0.4, 0.5) is 5.82 Å². The van der Waals surface area contributed by atoms with Gasteiger partial charge in [0.25, 0.3) is 0 Å². The van der Waals surface area contributed by atoms with Crippen molar-refractivity contribution in [2.24, 2.45) is 5.92 Å². The molecule has 13 heavy (non-hydrogen) atoms. The lowest BCUT2D eigenvalue weighted by molar-refractivity contribution is 0.101. The number of nitrogens with zero attached hydrogens (tertiary/aromatic N) is 2. The standard InChI is InChI=1S/C9H13N3O/c1-6(13)8-5-12(11-9(8)10)4-7-2-3-7/h5,7H,2-4H2,1H3,(H2,10,11). The first-order chi connectivity index (χ1) is 6.16. The van der Waals surface area contributed by atoms with Gasteiger partial charge in [-0.3, -0.25) is 9.48 Å². The molecule has 0 unspecified atom stereocenters. The van der Waals surface area contributed by atoms with E-state index in [0.29, 0.717) is 11.4 Å². The fourth-order valence-electron chi connectivity index (χ4n) is 1.37. The number of nitrogen functional groups attached to an aromatic ring is 1. The predicted octanol–water partition coefficient (Wildman–Crippen LogP) is 1.08. The summed E-state index contributed by atoms with van der Waals surface area (Å²) in [6, 6.07) is 0. The smallest absolute Gasteiger partial charge is 0.165 e. The summed E-state index contributed by atoms with van der Waals surface area (Å²) in [5.74, 6) is 1.09. The molecule has 0 bridgehead atoms. The lowest BCUT2D eigenvalue weighted by atomic mass is 10.2. The number of carbonyl (C=O) groups excluding carboxylic acids is 1. The van der Waals surface area contributed by atoms with E-state index in [2.05, 4.69) is 5.10 Å². The molecule has 0 radical (unpaired) electrons. The molecule has 1 aromatic rings. The average molecular weight is 179 g/mol. The molecular formula is C9H13N3O. The number of anilines is 1. The highest BCUT2D eigenvalue weighted by molar-refractivity contribution is 5.97. The van der Waals surface area contributed by atoms with E-state index in [4.69, 9.17) is 5.73 Å². The molecule has 1 heterocycles. The monoisotopic (exact) mass is 179 g/mol. The highest BCUT2D eigenvalue weighted by Gasteiger charge is 2.22. The van der Waals surface area contributed by atoms with Crippen molar-refractivity contribution in [1.82, 2.24) is 9.78 Å². The van der Waals surface area contributed by atoms with Crippen molar-refractivity contribution in [3.63, 3.8) is 0 Å². The largest absolute Gasteiger partial charge is 0.382 e. The summed E-state index contributed by atoms with van der Waals surface area (Å²) < 4.78 is 1.78. The van der Waals surface area contributed by atoms with Gasteiger partial charge in [0.2, 0.25) is 0 Å². The van der Waals surface area contributed by atoms with Crippen molar-refractivity contribution in [3.05, 3.63) is 11.8 Å². The summed E-state index contributed by atoms with van der Waals surface area (Å²) in [5, 5.41) is 4.09. The number of nitrogens with two attached hydrogens (primary N) is 1. The summed E-state index contributed by atoms with van der Waals surface area (Å²) in [6.07, 6.45) is 4.29. The molecule has 0 amide bonds. The van der Waals surface area contributed by atoms with Crippen LogP contribution in [0.2, 0.25) is 0 Å². The summed E-state index contributed by atoms with van der Waals surface area (Å²) in [5.41, 5.74) is 6.13. The maximum absolute atomic E-state index is 11.0. The highest BCUT2D eigenvalue weighted by Crippen LogP contribution is 2.30. The molecule has 0 saturated heterocycles. The van der Waals surface area contributed by atoms with E-state index in [0.717, 1.165) is 12.5 Å². The lowest BCUT2D eigenvalue weighted by Gasteiger charge is -1.95. The maximum atomic E-state index is 11.0. The molecule has 4 nitrogen and oxygen atoms in total. The SMILES string of the molecule is CC(=O)c1cn(CC2CC2)nc1N. The lowest BCUT2D eigenvalue weighted by Crippen LogP contribution is -2.00. The second-order valence-electron chi connectivity index (χ2n) is 3.65. The van der Waals surface area contributed by atoms with Crippen molar-refractivity contribution in [3.8, 4) is 0 Å². The van der Waals surface area contributed by atoms with Crippen LogP contribution in [0.15, 0.2) is 6.20 Å². The zero-order chi connectivity index (χ0) is 9.42. The maximum Gasteiger partial charge on any atom is 0.165 e. The molecule has 2 N–H and O–H groups in total. The minimum absolute atomic E-state index is 0.0143. The van der Waals surface area contributed by atoms with Crippen LogP contribution in [0.5, 0.6) is 0 Å². The number of hydrogen-bond acceptors (Lipinski definition) is 3. The fourth-order valence-corrected chi connectivity index (χ4v) is 1.37. The summed E-state index contributed by atoms with van der Waals surface area (Å²) in [7, 11) is 0. The van der Waals surface area contributed by atoms with E-state index < -0.39 is 0 Å². The Morgan fingerprint density at radius 1 is 1.77 bits per heavy atom. The van der Waals surface area contributed by atoms with Crippen molar-refractivity contribution in [2.45, 2.75) is 26.3 Å². The topological polar surface area (TPSA) is 60.9 Å². The first-order valence-corrected chi connectivity index (χ1v) is 4.50. The van der Waals surface area contributed by atoms with Gasteiger partial charge in [-0.15, -0.1) is 0 Å². The first-order valence-electron chi connectivity index (χ1n) is 4.50. The van der Waals surface area contributed by atoms with Crippen LogP contribution < -0.4 is 5.73 Å².